The number of carbonyl (C=O) groups excluding carboxylic acids is 1. The van der Waals surface area contributed by atoms with Crippen LogP contribution in [0, 0.1) is 20.8 Å². The van der Waals surface area contributed by atoms with E-state index in [2.05, 4.69) is 20.0 Å². The maximum Gasteiger partial charge on any atom is 0.264 e. The Morgan fingerprint density at radius 1 is 1.13 bits per heavy atom. The number of hydrogen-bond donors (Lipinski definition) is 5. The molecule has 0 aliphatic rings. The predicted molar refractivity (Wildman–Crippen MR) is 178 cm³/mol. The Morgan fingerprint density at radius 3 is 2.58 bits per heavy atom. The summed E-state index contributed by atoms with van der Waals surface area (Å²) >= 11 is 1.28. The van der Waals surface area contributed by atoms with Crippen molar-refractivity contribution in [2.75, 3.05) is 13.7 Å². The Hall–Kier alpha value is -4.04. The molecule has 0 aliphatic carbocycles. The van der Waals surface area contributed by atoms with E-state index in [-0.39, 0.29) is 17.4 Å². The van der Waals surface area contributed by atoms with Crippen LogP contribution in [-0.4, -0.2) is 56.1 Å². The molecule has 0 spiro atoms. The lowest BCUT2D eigenvalue weighted by molar-refractivity contribution is -0.124. The molecule has 11 nitrogen and oxygen atoms in total. The van der Waals surface area contributed by atoms with E-state index in [9.17, 15) is 18.3 Å². The first-order valence-corrected chi connectivity index (χ1v) is 16.9. The second-order valence-corrected chi connectivity index (χ2v) is 13.4. The van der Waals surface area contributed by atoms with Crippen molar-refractivity contribution < 1.29 is 23.1 Å². The number of ether oxygens (including phenoxy) is 1. The van der Waals surface area contributed by atoms with Crippen LogP contribution in [0.4, 0.5) is 0 Å². The first kappa shape index (κ1) is 33.8. The molecular formula is C32H40N6O5S2. The van der Waals surface area contributed by atoms with Crippen LogP contribution < -0.4 is 26.2 Å². The van der Waals surface area contributed by atoms with Crippen molar-refractivity contribution >= 4 is 44.0 Å². The zero-order valence-corrected chi connectivity index (χ0v) is 27.4. The lowest BCUT2D eigenvalue weighted by Gasteiger charge is -2.24. The summed E-state index contributed by atoms with van der Waals surface area (Å²) in [4.78, 5) is 21.7. The monoisotopic (exact) mass is 652 g/mol. The molecule has 0 bridgehead atoms. The third-order valence-electron chi connectivity index (χ3n) is 7.73. The normalized spacial score (nSPS) is 14.1. The van der Waals surface area contributed by atoms with Gasteiger partial charge in [-0.1, -0.05) is 42.5 Å². The SMILES string of the molecule is COc1cc(C)c(S(=O)(=O)NC(N)=NCCC[C@H](NC(=O)[C@@H](N)Cc2cccc3ccccc23)C(O)c2nccs2)c(C)c1C. The van der Waals surface area contributed by atoms with E-state index >= 15 is 0 Å². The van der Waals surface area contributed by atoms with E-state index in [4.69, 9.17) is 16.2 Å². The van der Waals surface area contributed by atoms with E-state index in [1.165, 1.54) is 18.4 Å². The Kier molecular flexibility index (Phi) is 11.2. The number of aromatic nitrogens is 1. The molecule has 240 valence electrons. The average Bonchev–Trinajstić information content (AvgIpc) is 3.55. The molecule has 13 heteroatoms. The van der Waals surface area contributed by atoms with E-state index in [0.717, 1.165) is 16.3 Å². The van der Waals surface area contributed by atoms with Crippen molar-refractivity contribution in [2.24, 2.45) is 16.5 Å². The number of nitrogens with zero attached hydrogens (tertiary/aromatic N) is 2. The van der Waals surface area contributed by atoms with Crippen molar-refractivity contribution in [2.45, 2.75) is 63.1 Å². The van der Waals surface area contributed by atoms with Gasteiger partial charge in [0, 0.05) is 18.1 Å². The van der Waals surface area contributed by atoms with Gasteiger partial charge >= 0.3 is 0 Å². The maximum atomic E-state index is 13.2. The number of aliphatic imine (C=N–C) groups is 1. The fourth-order valence-electron chi connectivity index (χ4n) is 5.33. The van der Waals surface area contributed by atoms with Crippen LogP contribution in [-0.2, 0) is 21.2 Å². The minimum atomic E-state index is -4.01. The van der Waals surface area contributed by atoms with Crippen molar-refractivity contribution in [3.8, 4) is 5.75 Å². The molecule has 1 heterocycles. The number of aryl methyl sites for hydroxylation is 1. The molecule has 3 aromatic carbocycles. The highest BCUT2D eigenvalue weighted by molar-refractivity contribution is 7.90. The summed E-state index contributed by atoms with van der Waals surface area (Å²) in [6.07, 6.45) is 1.53. The summed E-state index contributed by atoms with van der Waals surface area (Å²) in [6.45, 7) is 5.33. The summed E-state index contributed by atoms with van der Waals surface area (Å²) < 4.78 is 34.0. The van der Waals surface area contributed by atoms with Gasteiger partial charge in [-0.15, -0.1) is 11.3 Å². The quantitative estimate of drug-likeness (QED) is 0.0828. The Bertz CT molecular complexity index is 1770. The first-order chi connectivity index (χ1) is 21.4. The number of hydrogen-bond acceptors (Lipinski definition) is 9. The van der Waals surface area contributed by atoms with Gasteiger partial charge in [-0.3, -0.25) is 9.79 Å². The molecule has 0 saturated heterocycles. The lowest BCUT2D eigenvalue weighted by atomic mass is 9.98. The largest absolute Gasteiger partial charge is 0.496 e. The first-order valence-electron chi connectivity index (χ1n) is 14.5. The molecule has 7 N–H and O–H groups in total. The number of methoxy groups -OCH3 is 1. The van der Waals surface area contributed by atoms with E-state index in [1.54, 1.807) is 38.4 Å². The Labute approximate surface area is 267 Å². The van der Waals surface area contributed by atoms with Gasteiger partial charge in [-0.2, -0.15) is 0 Å². The number of nitrogens with two attached hydrogens (primary N) is 2. The van der Waals surface area contributed by atoms with E-state index in [1.807, 2.05) is 42.5 Å². The van der Waals surface area contributed by atoms with Crippen LogP contribution in [0.5, 0.6) is 5.75 Å². The third kappa shape index (κ3) is 8.17. The van der Waals surface area contributed by atoms with Gasteiger partial charge < -0.3 is 26.6 Å². The van der Waals surface area contributed by atoms with Crippen LogP contribution in [0.3, 0.4) is 0 Å². The Balaban J connectivity index is 1.41. The number of benzene rings is 3. The van der Waals surface area contributed by atoms with Gasteiger partial charge in [0.15, 0.2) is 0 Å². The number of aliphatic hydroxyl groups is 1. The summed E-state index contributed by atoms with van der Waals surface area (Å²) in [5, 5.41) is 18.3. The summed E-state index contributed by atoms with van der Waals surface area (Å²) in [5.74, 6) is -0.0676. The van der Waals surface area contributed by atoms with Gasteiger partial charge in [-0.05, 0) is 79.1 Å². The second-order valence-electron chi connectivity index (χ2n) is 10.9. The topological polar surface area (TPSA) is 182 Å². The molecule has 4 aromatic rings. The predicted octanol–water partition coefficient (Wildman–Crippen LogP) is 3.39. The third-order valence-corrected chi connectivity index (χ3v) is 10.2. The van der Waals surface area contributed by atoms with Gasteiger partial charge in [0.25, 0.3) is 10.0 Å². The van der Waals surface area contributed by atoms with Crippen molar-refractivity contribution in [3.63, 3.8) is 0 Å². The number of fused-ring (bicyclic) bond motifs is 1. The maximum absolute atomic E-state index is 13.2. The molecule has 1 amide bonds. The highest BCUT2D eigenvalue weighted by Gasteiger charge is 2.27. The smallest absolute Gasteiger partial charge is 0.264 e. The molecule has 0 radical (unpaired) electrons. The van der Waals surface area contributed by atoms with Gasteiger partial charge in [0.2, 0.25) is 11.9 Å². The lowest BCUT2D eigenvalue weighted by Crippen LogP contribution is -2.48. The molecule has 1 unspecified atom stereocenters. The minimum Gasteiger partial charge on any atom is -0.496 e. The van der Waals surface area contributed by atoms with E-state index in [0.29, 0.717) is 46.7 Å². The van der Waals surface area contributed by atoms with Gasteiger partial charge in [0.05, 0.1) is 24.1 Å². The number of carbonyl (C=O) groups is 1. The number of sulfonamides is 1. The van der Waals surface area contributed by atoms with Crippen LogP contribution in [0.2, 0.25) is 0 Å². The zero-order valence-electron chi connectivity index (χ0n) is 25.8. The summed E-state index contributed by atoms with van der Waals surface area (Å²) in [5.41, 5.74) is 15.0. The Morgan fingerprint density at radius 2 is 1.87 bits per heavy atom. The number of guanidine groups is 1. The van der Waals surface area contributed by atoms with Crippen molar-refractivity contribution in [3.05, 3.63) is 87.4 Å². The van der Waals surface area contributed by atoms with Crippen LogP contribution >= 0.6 is 11.3 Å². The molecular weight excluding hydrogens is 613 g/mol. The number of aliphatic hydroxyl groups excluding tert-OH is 1. The highest BCUT2D eigenvalue weighted by atomic mass is 32.2. The highest BCUT2D eigenvalue weighted by Crippen LogP contribution is 2.30. The molecule has 4 rings (SSSR count). The number of amides is 1. The van der Waals surface area contributed by atoms with Crippen LogP contribution in [0.25, 0.3) is 10.8 Å². The number of rotatable bonds is 13. The van der Waals surface area contributed by atoms with Crippen molar-refractivity contribution in [1.29, 1.82) is 0 Å². The van der Waals surface area contributed by atoms with Gasteiger partial charge in [-0.25, -0.2) is 18.1 Å². The fourth-order valence-corrected chi connectivity index (χ4v) is 7.50. The van der Waals surface area contributed by atoms with E-state index < -0.39 is 34.1 Å². The summed E-state index contributed by atoms with van der Waals surface area (Å²) in [7, 11) is -2.48. The molecule has 45 heavy (non-hydrogen) atoms. The number of nitrogens with one attached hydrogen (secondary N) is 2. The minimum absolute atomic E-state index is 0.119. The average molecular weight is 653 g/mol. The molecule has 0 fully saturated rings. The summed E-state index contributed by atoms with van der Waals surface area (Å²) in [6, 6.07) is 13.9. The molecule has 1 aromatic heterocycles. The molecule has 0 aliphatic heterocycles. The molecule has 0 saturated carbocycles. The van der Waals surface area contributed by atoms with Crippen molar-refractivity contribution in [1.82, 2.24) is 15.0 Å². The number of thiazole rings is 1. The molecule has 3 atom stereocenters. The fraction of sp³-hybridized carbons (Fsp3) is 0.344. The zero-order chi connectivity index (χ0) is 32.7. The van der Waals surface area contributed by atoms with Crippen LogP contribution in [0.1, 0.15) is 46.2 Å². The van der Waals surface area contributed by atoms with Gasteiger partial charge in [0.1, 0.15) is 16.9 Å². The second kappa shape index (κ2) is 14.8. The van der Waals surface area contributed by atoms with Crippen LogP contribution in [0.15, 0.2) is 70.0 Å². The standard InChI is InChI=1S/C32H40N6O5S2/c1-19-17-27(43-4)20(2)21(3)29(19)45(41,42)38-32(34)36-14-8-13-26(28(39)31-35-15-16-44-31)37-30(40)25(33)18-23-11-7-10-22-9-5-6-12-24(22)23/h5-7,9-12,15-17,25-26,28,39H,8,13-14,18,33H2,1-4H3,(H,37,40)(H3,34,36,38)/t25-,26-,28?/m0/s1.